The molecule has 0 fully saturated rings. The molecule has 0 radical (unpaired) electrons. The minimum Gasteiger partial charge on any atom is -0.479 e. The second-order valence-corrected chi connectivity index (χ2v) is 6.28. The van der Waals surface area contributed by atoms with Crippen LogP contribution in [0.2, 0.25) is 0 Å². The van der Waals surface area contributed by atoms with Crippen LogP contribution in [0.15, 0.2) is 48.5 Å². The van der Waals surface area contributed by atoms with Gasteiger partial charge in [0, 0.05) is 11.3 Å². The van der Waals surface area contributed by atoms with Crippen LogP contribution in [0.5, 0.6) is 5.75 Å². The number of carbonyl (C=O) groups excluding carboxylic acids is 3. The van der Waals surface area contributed by atoms with Crippen LogP contribution in [0.25, 0.3) is 0 Å². The molecule has 0 aliphatic rings. The quantitative estimate of drug-likeness (QED) is 0.596. The molecule has 0 aliphatic carbocycles. The van der Waals surface area contributed by atoms with Crippen molar-refractivity contribution in [3.63, 3.8) is 0 Å². The molecule has 2 atom stereocenters. The number of benzene rings is 2. The highest BCUT2D eigenvalue weighted by atomic mass is 16.6. The van der Waals surface area contributed by atoms with E-state index in [1.807, 2.05) is 25.1 Å². The molecule has 0 heterocycles. The molecule has 1 N–H and O–H groups in total. The summed E-state index contributed by atoms with van der Waals surface area (Å²) in [5.41, 5.74) is 1.95. The maximum absolute atomic E-state index is 12.2. The van der Waals surface area contributed by atoms with Gasteiger partial charge in [0.15, 0.2) is 18.0 Å². The van der Waals surface area contributed by atoms with Gasteiger partial charge in [0.2, 0.25) is 0 Å². The number of ether oxygens (including phenoxy) is 2. The van der Waals surface area contributed by atoms with E-state index in [9.17, 15) is 14.4 Å². The van der Waals surface area contributed by atoms with Gasteiger partial charge in [-0.1, -0.05) is 24.3 Å². The van der Waals surface area contributed by atoms with Crippen molar-refractivity contribution in [2.45, 2.75) is 39.9 Å². The van der Waals surface area contributed by atoms with Crippen molar-refractivity contribution in [1.82, 2.24) is 0 Å². The third kappa shape index (κ3) is 5.95. The van der Waals surface area contributed by atoms with Gasteiger partial charge in [0.1, 0.15) is 5.75 Å². The minimum absolute atomic E-state index is 0.104. The SMILES string of the molecule is CC(=O)c1cccc(NC(=O)[C@H](C)OC(=O)[C@@H](C)Oc2cccc(C)c2)c1. The van der Waals surface area contributed by atoms with Gasteiger partial charge in [-0.05, 0) is 57.5 Å². The predicted octanol–water partition coefficient (Wildman–Crippen LogP) is 3.54. The van der Waals surface area contributed by atoms with Crippen molar-refractivity contribution in [3.05, 3.63) is 59.7 Å². The summed E-state index contributed by atoms with van der Waals surface area (Å²) in [4.78, 5) is 35.8. The minimum atomic E-state index is -1.01. The lowest BCUT2D eigenvalue weighted by Crippen LogP contribution is -2.35. The van der Waals surface area contributed by atoms with Crippen molar-refractivity contribution in [1.29, 1.82) is 0 Å². The Bertz CT molecular complexity index is 846. The number of aryl methyl sites for hydroxylation is 1. The summed E-state index contributed by atoms with van der Waals surface area (Å²) in [6, 6.07) is 13.8. The Morgan fingerprint density at radius 3 is 2.33 bits per heavy atom. The molecule has 6 heteroatoms. The first-order valence-electron chi connectivity index (χ1n) is 8.62. The summed E-state index contributed by atoms with van der Waals surface area (Å²) in [6.07, 6.45) is -1.87. The van der Waals surface area contributed by atoms with Gasteiger partial charge >= 0.3 is 5.97 Å². The van der Waals surface area contributed by atoms with E-state index in [-0.39, 0.29) is 5.78 Å². The molecule has 0 saturated carbocycles. The molecule has 0 unspecified atom stereocenters. The van der Waals surface area contributed by atoms with Crippen molar-refractivity contribution in [3.8, 4) is 5.75 Å². The molecule has 0 bridgehead atoms. The zero-order valence-corrected chi connectivity index (χ0v) is 15.8. The zero-order chi connectivity index (χ0) is 20.0. The molecule has 2 rings (SSSR count). The first kappa shape index (κ1) is 20.2. The summed E-state index contributed by atoms with van der Waals surface area (Å²) < 4.78 is 10.7. The highest BCUT2D eigenvalue weighted by Crippen LogP contribution is 2.15. The number of carbonyl (C=O) groups is 3. The number of anilines is 1. The lowest BCUT2D eigenvalue weighted by atomic mass is 10.1. The number of esters is 1. The van der Waals surface area contributed by atoms with Crippen LogP contribution < -0.4 is 10.1 Å². The van der Waals surface area contributed by atoms with Gasteiger partial charge in [0.05, 0.1) is 0 Å². The fourth-order valence-corrected chi connectivity index (χ4v) is 2.32. The lowest BCUT2D eigenvalue weighted by Gasteiger charge is -2.18. The smallest absolute Gasteiger partial charge is 0.347 e. The highest BCUT2D eigenvalue weighted by Gasteiger charge is 2.23. The van der Waals surface area contributed by atoms with Crippen molar-refractivity contribution in [2.24, 2.45) is 0 Å². The van der Waals surface area contributed by atoms with Crippen LogP contribution in [0.4, 0.5) is 5.69 Å². The molecule has 1 amide bonds. The number of Topliss-reactive ketones (excluding diaryl/α,β-unsaturated/α-hetero) is 1. The predicted molar refractivity (Wildman–Crippen MR) is 102 cm³/mol. The summed E-state index contributed by atoms with van der Waals surface area (Å²) in [5.74, 6) is -0.686. The molecule has 0 saturated heterocycles. The van der Waals surface area contributed by atoms with Crippen LogP contribution in [0.1, 0.15) is 36.7 Å². The van der Waals surface area contributed by atoms with Crippen LogP contribution >= 0.6 is 0 Å². The number of amides is 1. The Balaban J connectivity index is 1.92. The standard InChI is InChI=1S/C21H23NO5/c1-13-7-5-10-19(11-13)26-16(4)21(25)27-15(3)20(24)22-18-9-6-8-17(12-18)14(2)23/h5-12,15-16H,1-4H3,(H,22,24)/t15-,16+/m0/s1. The largest absolute Gasteiger partial charge is 0.479 e. The number of hydrogen-bond donors (Lipinski definition) is 1. The van der Waals surface area contributed by atoms with E-state index in [1.165, 1.54) is 13.8 Å². The van der Waals surface area contributed by atoms with E-state index >= 15 is 0 Å². The first-order chi connectivity index (χ1) is 12.8. The van der Waals surface area contributed by atoms with Gasteiger partial charge < -0.3 is 14.8 Å². The average Bonchev–Trinajstić information content (AvgIpc) is 2.61. The Morgan fingerprint density at radius 1 is 0.963 bits per heavy atom. The number of nitrogens with one attached hydrogen (secondary N) is 1. The maximum Gasteiger partial charge on any atom is 0.347 e. The number of rotatable bonds is 7. The third-order valence-electron chi connectivity index (χ3n) is 3.83. The lowest BCUT2D eigenvalue weighted by molar-refractivity contribution is -0.159. The second kappa shape index (κ2) is 8.98. The average molecular weight is 369 g/mol. The highest BCUT2D eigenvalue weighted by molar-refractivity contribution is 5.98. The van der Waals surface area contributed by atoms with Gasteiger partial charge in [-0.2, -0.15) is 0 Å². The number of hydrogen-bond acceptors (Lipinski definition) is 5. The van der Waals surface area contributed by atoms with E-state index in [1.54, 1.807) is 37.3 Å². The molecule has 0 aliphatic heterocycles. The van der Waals surface area contributed by atoms with Crippen molar-refractivity contribution in [2.75, 3.05) is 5.32 Å². The van der Waals surface area contributed by atoms with Gasteiger partial charge in [-0.15, -0.1) is 0 Å². The first-order valence-corrected chi connectivity index (χ1v) is 8.62. The molecular formula is C21H23NO5. The molecule has 0 aromatic heterocycles. The van der Waals surface area contributed by atoms with E-state index in [0.29, 0.717) is 17.0 Å². The fourth-order valence-electron chi connectivity index (χ4n) is 2.32. The van der Waals surface area contributed by atoms with E-state index in [2.05, 4.69) is 5.32 Å². The second-order valence-electron chi connectivity index (χ2n) is 6.28. The third-order valence-corrected chi connectivity index (χ3v) is 3.83. The normalized spacial score (nSPS) is 12.6. The van der Waals surface area contributed by atoms with Crippen molar-refractivity contribution < 1.29 is 23.9 Å². The monoisotopic (exact) mass is 369 g/mol. The summed E-state index contributed by atoms with van der Waals surface area (Å²) in [6.45, 7) is 6.40. The maximum atomic E-state index is 12.2. The topological polar surface area (TPSA) is 81.7 Å². The summed E-state index contributed by atoms with van der Waals surface area (Å²) in [5, 5.41) is 2.63. The van der Waals surface area contributed by atoms with E-state index in [4.69, 9.17) is 9.47 Å². The summed E-state index contributed by atoms with van der Waals surface area (Å²) in [7, 11) is 0. The van der Waals surface area contributed by atoms with Crippen LogP contribution in [0, 0.1) is 6.92 Å². The molecule has 2 aromatic carbocycles. The molecule has 6 nitrogen and oxygen atoms in total. The van der Waals surface area contributed by atoms with E-state index < -0.39 is 24.1 Å². The van der Waals surface area contributed by atoms with Crippen molar-refractivity contribution >= 4 is 23.3 Å². The Kier molecular flexibility index (Phi) is 6.71. The van der Waals surface area contributed by atoms with Gasteiger partial charge in [0.25, 0.3) is 5.91 Å². The van der Waals surface area contributed by atoms with Gasteiger partial charge in [-0.25, -0.2) is 4.79 Å². The Morgan fingerprint density at radius 2 is 1.67 bits per heavy atom. The van der Waals surface area contributed by atoms with Gasteiger partial charge in [-0.3, -0.25) is 9.59 Å². The summed E-state index contributed by atoms with van der Waals surface area (Å²) >= 11 is 0. The Hall–Kier alpha value is -3.15. The fraction of sp³-hybridized carbons (Fsp3) is 0.286. The van der Waals surface area contributed by atoms with Crippen LogP contribution in [-0.2, 0) is 14.3 Å². The molecule has 0 spiro atoms. The van der Waals surface area contributed by atoms with E-state index in [0.717, 1.165) is 5.56 Å². The van der Waals surface area contributed by atoms with Crippen LogP contribution in [0.3, 0.4) is 0 Å². The van der Waals surface area contributed by atoms with Crippen LogP contribution in [-0.4, -0.2) is 29.9 Å². The number of ketones is 1. The molecule has 142 valence electrons. The zero-order valence-electron chi connectivity index (χ0n) is 15.8. The molecule has 27 heavy (non-hydrogen) atoms. The molecular weight excluding hydrogens is 346 g/mol. The molecule has 2 aromatic rings. The Labute approximate surface area is 158 Å².